The van der Waals surface area contributed by atoms with Crippen LogP contribution in [0.15, 0.2) is 83.9 Å². The summed E-state index contributed by atoms with van der Waals surface area (Å²) < 4.78 is 33.5. The van der Waals surface area contributed by atoms with E-state index in [2.05, 4.69) is 4.98 Å². The number of methoxy groups -OCH3 is 1. The van der Waals surface area contributed by atoms with Crippen molar-refractivity contribution in [3.8, 4) is 17.1 Å². The Kier molecular flexibility index (Phi) is 3.97. The molecule has 0 atom stereocenters. The first-order valence-electron chi connectivity index (χ1n) is 8.03. The summed E-state index contributed by atoms with van der Waals surface area (Å²) in [6.45, 7) is 0. The molecule has 6 heteroatoms. The third kappa shape index (κ3) is 2.55. The molecule has 0 amide bonds. The van der Waals surface area contributed by atoms with Crippen LogP contribution < -0.4 is 4.74 Å². The minimum Gasteiger partial charge on any atom is -0.494 e. The van der Waals surface area contributed by atoms with Crippen LogP contribution in [0, 0.1) is 0 Å². The Balaban J connectivity index is 2.09. The van der Waals surface area contributed by atoms with Crippen LogP contribution in [0.3, 0.4) is 0 Å². The van der Waals surface area contributed by atoms with Gasteiger partial charge < -0.3 is 4.74 Å². The Labute approximate surface area is 151 Å². The van der Waals surface area contributed by atoms with Gasteiger partial charge in [0, 0.05) is 11.6 Å². The molecule has 4 aromatic rings. The minimum atomic E-state index is -3.80. The zero-order valence-corrected chi connectivity index (χ0v) is 14.8. The Morgan fingerprint density at radius 3 is 2.42 bits per heavy atom. The number of ether oxygens (including phenoxy) is 1. The summed E-state index contributed by atoms with van der Waals surface area (Å²) in [7, 11) is -2.26. The van der Waals surface area contributed by atoms with Crippen molar-refractivity contribution in [1.82, 2.24) is 8.96 Å². The highest BCUT2D eigenvalue weighted by atomic mass is 32.2. The summed E-state index contributed by atoms with van der Waals surface area (Å²) in [5.41, 5.74) is 1.54. The van der Waals surface area contributed by atoms with Crippen molar-refractivity contribution in [2.24, 2.45) is 0 Å². The van der Waals surface area contributed by atoms with Gasteiger partial charge in [-0.05, 0) is 36.4 Å². The average Bonchev–Trinajstić information content (AvgIpc) is 3.08. The summed E-state index contributed by atoms with van der Waals surface area (Å²) in [6, 6.07) is 21.1. The maximum atomic E-state index is 13.4. The Hall–Kier alpha value is -3.12. The maximum Gasteiger partial charge on any atom is 0.268 e. The van der Waals surface area contributed by atoms with Gasteiger partial charge in [0.2, 0.25) is 0 Å². The molecule has 2 aromatic heterocycles. The fraction of sp³-hybridized carbons (Fsp3) is 0.0500. The van der Waals surface area contributed by atoms with Gasteiger partial charge in [0.1, 0.15) is 11.4 Å². The lowest BCUT2D eigenvalue weighted by Crippen LogP contribution is -2.14. The van der Waals surface area contributed by atoms with Gasteiger partial charge in [-0.15, -0.1) is 0 Å². The third-order valence-corrected chi connectivity index (χ3v) is 5.92. The van der Waals surface area contributed by atoms with Crippen LogP contribution in [0.1, 0.15) is 0 Å². The van der Waals surface area contributed by atoms with E-state index < -0.39 is 10.0 Å². The number of fused-ring (bicyclic) bond motifs is 1. The Morgan fingerprint density at radius 2 is 1.65 bits per heavy atom. The van der Waals surface area contributed by atoms with E-state index in [-0.39, 0.29) is 4.90 Å². The molecule has 0 fully saturated rings. The molecular weight excluding hydrogens is 348 g/mol. The largest absolute Gasteiger partial charge is 0.494 e. The molecule has 0 spiro atoms. The molecule has 0 saturated carbocycles. The predicted molar refractivity (Wildman–Crippen MR) is 101 cm³/mol. The van der Waals surface area contributed by atoms with Crippen LogP contribution in [-0.4, -0.2) is 24.5 Å². The smallest absolute Gasteiger partial charge is 0.268 e. The van der Waals surface area contributed by atoms with Crippen molar-refractivity contribution in [2.45, 2.75) is 4.90 Å². The van der Waals surface area contributed by atoms with Crippen molar-refractivity contribution in [3.63, 3.8) is 0 Å². The van der Waals surface area contributed by atoms with Crippen molar-refractivity contribution >= 4 is 20.9 Å². The van der Waals surface area contributed by atoms with Crippen LogP contribution in [0.25, 0.3) is 22.3 Å². The monoisotopic (exact) mass is 364 g/mol. The summed E-state index contributed by atoms with van der Waals surface area (Å²) in [4.78, 5) is 4.59. The molecule has 5 nitrogen and oxygen atoms in total. The fourth-order valence-electron chi connectivity index (χ4n) is 3.00. The van der Waals surface area contributed by atoms with Crippen LogP contribution in [0.4, 0.5) is 0 Å². The normalized spacial score (nSPS) is 11.6. The zero-order chi connectivity index (χ0) is 18.1. The molecule has 0 saturated heterocycles. The van der Waals surface area contributed by atoms with Gasteiger partial charge in [0.05, 0.1) is 23.2 Å². The molecular formula is C20H16N2O3S. The van der Waals surface area contributed by atoms with Gasteiger partial charge in [-0.3, -0.25) is 4.98 Å². The van der Waals surface area contributed by atoms with E-state index in [1.807, 2.05) is 24.3 Å². The predicted octanol–water partition coefficient (Wildman–Crippen LogP) is 3.95. The van der Waals surface area contributed by atoms with E-state index in [1.54, 1.807) is 61.8 Å². The third-order valence-electron chi connectivity index (χ3n) is 4.18. The second kappa shape index (κ2) is 6.31. The van der Waals surface area contributed by atoms with Crippen LogP contribution in [0.2, 0.25) is 0 Å². The lowest BCUT2D eigenvalue weighted by molar-refractivity contribution is 0.414. The summed E-state index contributed by atoms with van der Waals surface area (Å²) in [6.07, 6.45) is 1.62. The summed E-state index contributed by atoms with van der Waals surface area (Å²) in [5.74, 6) is 0.514. The van der Waals surface area contributed by atoms with E-state index in [0.717, 1.165) is 5.39 Å². The molecule has 2 heterocycles. The number of hydrogen-bond donors (Lipinski definition) is 0. The van der Waals surface area contributed by atoms with Crippen LogP contribution >= 0.6 is 0 Å². The number of pyridine rings is 1. The molecule has 26 heavy (non-hydrogen) atoms. The SMILES string of the molecule is COc1cccnc1-c1cc2ccccc2n1S(=O)(=O)c1ccccc1. The van der Waals surface area contributed by atoms with Gasteiger partial charge in [0.15, 0.2) is 0 Å². The van der Waals surface area contributed by atoms with E-state index in [4.69, 9.17) is 4.74 Å². The van der Waals surface area contributed by atoms with E-state index >= 15 is 0 Å². The first-order chi connectivity index (χ1) is 12.6. The zero-order valence-electron chi connectivity index (χ0n) is 14.0. The lowest BCUT2D eigenvalue weighted by atomic mass is 10.2. The minimum absolute atomic E-state index is 0.220. The molecule has 130 valence electrons. The number of aromatic nitrogens is 2. The van der Waals surface area contributed by atoms with Gasteiger partial charge in [0.25, 0.3) is 10.0 Å². The van der Waals surface area contributed by atoms with Crippen molar-refractivity contribution in [1.29, 1.82) is 0 Å². The number of nitrogens with zero attached hydrogens (tertiary/aromatic N) is 2. The number of para-hydroxylation sites is 1. The Morgan fingerprint density at radius 1 is 0.923 bits per heavy atom. The first-order valence-corrected chi connectivity index (χ1v) is 9.47. The molecule has 0 aliphatic carbocycles. The molecule has 0 aliphatic rings. The molecule has 0 N–H and O–H groups in total. The lowest BCUT2D eigenvalue weighted by Gasteiger charge is -2.13. The topological polar surface area (TPSA) is 61.2 Å². The Bertz CT molecular complexity index is 1180. The molecule has 0 bridgehead atoms. The molecule has 0 radical (unpaired) electrons. The number of hydrogen-bond acceptors (Lipinski definition) is 4. The van der Waals surface area contributed by atoms with Crippen molar-refractivity contribution < 1.29 is 13.2 Å². The molecule has 2 aromatic carbocycles. The average molecular weight is 364 g/mol. The van der Waals surface area contributed by atoms with E-state index in [9.17, 15) is 8.42 Å². The van der Waals surface area contributed by atoms with Gasteiger partial charge in [-0.1, -0.05) is 36.4 Å². The standard InChI is InChI=1S/C20H16N2O3S/c1-25-19-12-7-13-21-20(19)18-14-15-8-5-6-11-17(15)22(18)26(23,24)16-9-3-2-4-10-16/h2-14H,1H3. The summed E-state index contributed by atoms with van der Waals surface area (Å²) in [5, 5.41) is 0.815. The van der Waals surface area contributed by atoms with Gasteiger partial charge in [-0.25, -0.2) is 12.4 Å². The summed E-state index contributed by atoms with van der Waals surface area (Å²) >= 11 is 0. The molecule has 0 unspecified atom stereocenters. The second-order valence-electron chi connectivity index (χ2n) is 5.73. The van der Waals surface area contributed by atoms with E-state index in [1.165, 1.54) is 3.97 Å². The number of benzene rings is 2. The molecule has 4 rings (SSSR count). The van der Waals surface area contributed by atoms with Crippen LogP contribution in [0.5, 0.6) is 5.75 Å². The second-order valence-corrected chi connectivity index (χ2v) is 7.51. The highest BCUT2D eigenvalue weighted by molar-refractivity contribution is 7.90. The maximum absolute atomic E-state index is 13.4. The van der Waals surface area contributed by atoms with Gasteiger partial charge in [-0.2, -0.15) is 0 Å². The van der Waals surface area contributed by atoms with E-state index in [0.29, 0.717) is 22.7 Å². The van der Waals surface area contributed by atoms with Crippen molar-refractivity contribution in [3.05, 3.63) is 79.0 Å². The van der Waals surface area contributed by atoms with Crippen molar-refractivity contribution in [2.75, 3.05) is 7.11 Å². The van der Waals surface area contributed by atoms with Gasteiger partial charge >= 0.3 is 0 Å². The number of rotatable bonds is 4. The first kappa shape index (κ1) is 16.4. The molecule has 0 aliphatic heterocycles. The highest BCUT2D eigenvalue weighted by Gasteiger charge is 2.25. The quantitative estimate of drug-likeness (QED) is 0.550. The fourth-order valence-corrected chi connectivity index (χ4v) is 4.53. The highest BCUT2D eigenvalue weighted by Crippen LogP contribution is 2.35. The van der Waals surface area contributed by atoms with Crippen LogP contribution in [-0.2, 0) is 10.0 Å².